The predicted molar refractivity (Wildman–Crippen MR) is 69.5 cm³/mol. The first-order valence-electron chi connectivity index (χ1n) is 6.47. The predicted octanol–water partition coefficient (Wildman–Crippen LogP) is 2.68. The summed E-state index contributed by atoms with van der Waals surface area (Å²) in [4.78, 5) is 14.2. The van der Waals surface area contributed by atoms with Gasteiger partial charge in [-0.3, -0.25) is 9.78 Å². The number of nitrogens with zero attached hydrogens (tertiary/aromatic N) is 1. The van der Waals surface area contributed by atoms with E-state index in [-0.39, 0.29) is 6.42 Å². The Bertz CT molecular complexity index is 327. The first kappa shape index (κ1) is 14.6. The number of aliphatic carboxylic acids is 1. The van der Waals surface area contributed by atoms with Gasteiger partial charge < -0.3 is 9.84 Å². The maximum absolute atomic E-state index is 10.3. The molecule has 0 saturated heterocycles. The molecule has 0 saturated carbocycles. The van der Waals surface area contributed by atoms with Crippen LogP contribution in [0.4, 0.5) is 0 Å². The second kappa shape index (κ2) is 9.59. The topological polar surface area (TPSA) is 59.4 Å². The minimum atomic E-state index is -0.715. The molecule has 1 rings (SSSR count). The van der Waals surface area contributed by atoms with Crippen molar-refractivity contribution in [1.82, 2.24) is 4.98 Å². The maximum Gasteiger partial charge on any atom is 0.303 e. The quantitative estimate of drug-likeness (QED) is 0.649. The Labute approximate surface area is 108 Å². The second-order valence-corrected chi connectivity index (χ2v) is 4.28. The number of unbranched alkanes of at least 4 members (excludes halogenated alkanes) is 2. The molecule has 0 aliphatic heterocycles. The third-order valence-electron chi connectivity index (χ3n) is 2.68. The Kier molecular flexibility index (Phi) is 7.80. The number of hydrogen-bond donors (Lipinski definition) is 1. The van der Waals surface area contributed by atoms with Crippen LogP contribution in [0.2, 0.25) is 0 Å². The van der Waals surface area contributed by atoms with Gasteiger partial charge in [-0.1, -0.05) is 6.42 Å². The zero-order valence-electron chi connectivity index (χ0n) is 10.7. The number of rotatable bonds is 10. The van der Waals surface area contributed by atoms with Crippen molar-refractivity contribution >= 4 is 5.97 Å². The number of carbonyl (C=O) groups is 1. The van der Waals surface area contributed by atoms with Gasteiger partial charge in [0.1, 0.15) is 0 Å². The van der Waals surface area contributed by atoms with Crippen molar-refractivity contribution in [3.63, 3.8) is 0 Å². The van der Waals surface area contributed by atoms with Gasteiger partial charge in [-0.2, -0.15) is 0 Å². The summed E-state index contributed by atoms with van der Waals surface area (Å²) >= 11 is 0. The summed E-state index contributed by atoms with van der Waals surface area (Å²) in [6.45, 7) is 1.50. The lowest BCUT2D eigenvalue weighted by molar-refractivity contribution is -0.137. The van der Waals surface area contributed by atoms with Crippen LogP contribution in [0.1, 0.15) is 37.7 Å². The first-order valence-corrected chi connectivity index (χ1v) is 6.47. The van der Waals surface area contributed by atoms with Crippen LogP contribution in [0.25, 0.3) is 0 Å². The number of hydrogen-bond acceptors (Lipinski definition) is 3. The van der Waals surface area contributed by atoms with Crippen LogP contribution in [0, 0.1) is 0 Å². The molecule has 4 nitrogen and oxygen atoms in total. The molecule has 1 heterocycles. The van der Waals surface area contributed by atoms with Crippen molar-refractivity contribution < 1.29 is 14.6 Å². The van der Waals surface area contributed by atoms with E-state index in [9.17, 15) is 4.79 Å². The molecule has 100 valence electrons. The summed E-state index contributed by atoms with van der Waals surface area (Å²) in [5, 5.41) is 8.46. The highest BCUT2D eigenvalue weighted by Crippen LogP contribution is 2.03. The van der Waals surface area contributed by atoms with Gasteiger partial charge in [0.2, 0.25) is 0 Å². The summed E-state index contributed by atoms with van der Waals surface area (Å²) in [6, 6.07) is 4.04. The van der Waals surface area contributed by atoms with Crippen LogP contribution < -0.4 is 0 Å². The van der Waals surface area contributed by atoms with Crippen molar-refractivity contribution in [3.8, 4) is 0 Å². The third kappa shape index (κ3) is 7.79. The Morgan fingerprint density at radius 1 is 1.11 bits per heavy atom. The Balaban J connectivity index is 1.86. The lowest BCUT2D eigenvalue weighted by atomic mass is 10.1. The summed E-state index contributed by atoms with van der Waals surface area (Å²) in [6.07, 6.45) is 8.52. The maximum atomic E-state index is 10.3. The van der Waals surface area contributed by atoms with Crippen LogP contribution in [0.15, 0.2) is 24.5 Å². The number of aromatic nitrogens is 1. The molecule has 0 amide bonds. The smallest absolute Gasteiger partial charge is 0.303 e. The Morgan fingerprint density at radius 3 is 2.56 bits per heavy atom. The molecule has 0 bridgehead atoms. The molecule has 0 spiro atoms. The van der Waals surface area contributed by atoms with E-state index in [1.807, 2.05) is 12.1 Å². The van der Waals surface area contributed by atoms with E-state index >= 15 is 0 Å². The molecule has 0 aliphatic carbocycles. The first-order chi connectivity index (χ1) is 8.79. The minimum absolute atomic E-state index is 0.266. The van der Waals surface area contributed by atoms with Gasteiger partial charge in [-0.05, 0) is 43.4 Å². The van der Waals surface area contributed by atoms with E-state index in [0.29, 0.717) is 0 Å². The third-order valence-corrected chi connectivity index (χ3v) is 2.68. The highest BCUT2D eigenvalue weighted by molar-refractivity contribution is 5.66. The molecule has 0 atom stereocenters. The average Bonchev–Trinajstić information content (AvgIpc) is 2.37. The lowest BCUT2D eigenvalue weighted by Gasteiger charge is -2.04. The van der Waals surface area contributed by atoms with Crippen molar-refractivity contribution in [2.24, 2.45) is 0 Å². The van der Waals surface area contributed by atoms with E-state index in [1.54, 1.807) is 12.4 Å². The van der Waals surface area contributed by atoms with Crippen molar-refractivity contribution in [2.75, 3.05) is 13.2 Å². The van der Waals surface area contributed by atoms with E-state index in [0.717, 1.165) is 45.3 Å². The molecule has 0 aromatic carbocycles. The summed E-state index contributed by atoms with van der Waals surface area (Å²) in [5.74, 6) is -0.715. The fourth-order valence-electron chi connectivity index (χ4n) is 1.69. The van der Waals surface area contributed by atoms with Gasteiger partial charge >= 0.3 is 5.97 Å². The van der Waals surface area contributed by atoms with Crippen molar-refractivity contribution in [1.29, 1.82) is 0 Å². The van der Waals surface area contributed by atoms with E-state index < -0.39 is 5.97 Å². The van der Waals surface area contributed by atoms with Crippen LogP contribution in [0.5, 0.6) is 0 Å². The zero-order chi connectivity index (χ0) is 13.1. The van der Waals surface area contributed by atoms with Gasteiger partial charge in [0, 0.05) is 32.0 Å². The lowest BCUT2D eigenvalue weighted by Crippen LogP contribution is -2.00. The standard InChI is InChI=1S/C14H21NO3/c16-14(17)6-2-1-3-11-18-12-4-5-13-7-9-15-10-8-13/h7-10H,1-6,11-12H2,(H,16,17). The van der Waals surface area contributed by atoms with Crippen LogP contribution >= 0.6 is 0 Å². The molecule has 1 aromatic heterocycles. The van der Waals surface area contributed by atoms with Crippen molar-refractivity contribution in [3.05, 3.63) is 30.1 Å². The summed E-state index contributed by atoms with van der Waals surface area (Å²) < 4.78 is 5.50. The zero-order valence-corrected chi connectivity index (χ0v) is 10.7. The molecule has 1 N–H and O–H groups in total. The number of ether oxygens (including phenoxy) is 1. The van der Waals surface area contributed by atoms with Gasteiger partial charge in [0.05, 0.1) is 0 Å². The number of aryl methyl sites for hydroxylation is 1. The normalized spacial score (nSPS) is 10.4. The molecule has 0 fully saturated rings. The molecule has 1 aromatic rings. The van der Waals surface area contributed by atoms with Gasteiger partial charge in [0.25, 0.3) is 0 Å². The summed E-state index contributed by atoms with van der Waals surface area (Å²) in [7, 11) is 0. The van der Waals surface area contributed by atoms with Crippen LogP contribution in [0.3, 0.4) is 0 Å². The number of pyridine rings is 1. The summed E-state index contributed by atoms with van der Waals surface area (Å²) in [5.41, 5.74) is 1.29. The Morgan fingerprint density at radius 2 is 1.83 bits per heavy atom. The van der Waals surface area contributed by atoms with Gasteiger partial charge in [0.15, 0.2) is 0 Å². The molecular formula is C14H21NO3. The van der Waals surface area contributed by atoms with Crippen LogP contribution in [-0.2, 0) is 16.0 Å². The fourth-order valence-corrected chi connectivity index (χ4v) is 1.69. The molecule has 0 radical (unpaired) electrons. The van der Waals surface area contributed by atoms with Gasteiger partial charge in [-0.25, -0.2) is 0 Å². The number of carboxylic acids is 1. The molecular weight excluding hydrogens is 230 g/mol. The average molecular weight is 251 g/mol. The molecule has 0 aliphatic rings. The highest BCUT2D eigenvalue weighted by atomic mass is 16.5. The van der Waals surface area contributed by atoms with E-state index in [1.165, 1.54) is 5.56 Å². The molecule has 18 heavy (non-hydrogen) atoms. The fraction of sp³-hybridized carbons (Fsp3) is 0.571. The molecule has 0 unspecified atom stereocenters. The minimum Gasteiger partial charge on any atom is -0.481 e. The van der Waals surface area contributed by atoms with Crippen LogP contribution in [-0.4, -0.2) is 29.3 Å². The van der Waals surface area contributed by atoms with Gasteiger partial charge in [-0.15, -0.1) is 0 Å². The van der Waals surface area contributed by atoms with E-state index in [2.05, 4.69) is 4.98 Å². The highest BCUT2D eigenvalue weighted by Gasteiger charge is 1.97. The van der Waals surface area contributed by atoms with E-state index in [4.69, 9.17) is 9.84 Å². The van der Waals surface area contributed by atoms with Crippen molar-refractivity contribution in [2.45, 2.75) is 38.5 Å². The monoisotopic (exact) mass is 251 g/mol. The Hall–Kier alpha value is -1.42. The number of carboxylic acid groups (broad SMARTS) is 1. The largest absolute Gasteiger partial charge is 0.481 e. The second-order valence-electron chi connectivity index (χ2n) is 4.28. The SMILES string of the molecule is O=C(O)CCCCCOCCCc1ccncc1. The molecule has 4 heteroatoms.